The van der Waals surface area contributed by atoms with Crippen LogP contribution in [0.4, 0.5) is 0 Å². The molecule has 31 heavy (non-hydrogen) atoms. The number of hydrogen-bond donors (Lipinski definition) is 2. The van der Waals surface area contributed by atoms with E-state index in [-0.39, 0.29) is 18.0 Å². The molecule has 0 bridgehead atoms. The van der Waals surface area contributed by atoms with Crippen LogP contribution in [0.5, 0.6) is 0 Å². The van der Waals surface area contributed by atoms with Crippen molar-refractivity contribution in [2.45, 2.75) is 6.54 Å². The molecule has 154 valence electrons. The molecule has 0 aliphatic rings. The first-order chi connectivity index (χ1) is 15.1. The van der Waals surface area contributed by atoms with Gasteiger partial charge in [-0.25, -0.2) is 10.4 Å². The number of fused-ring (bicyclic) bond motifs is 1. The number of aromatic nitrogens is 2. The van der Waals surface area contributed by atoms with Gasteiger partial charge in [-0.15, -0.1) is 0 Å². The lowest BCUT2D eigenvalue weighted by Crippen LogP contribution is -2.38. The van der Waals surface area contributed by atoms with Gasteiger partial charge in [-0.3, -0.25) is 19.6 Å². The molecule has 0 aliphatic heterocycles. The van der Waals surface area contributed by atoms with Gasteiger partial charge in [0, 0.05) is 6.08 Å². The van der Waals surface area contributed by atoms with Crippen LogP contribution in [0, 0.1) is 0 Å². The standard InChI is InChI=1S/C24H19ClN4O2/c25-19-11-5-7-13-21(19)29-22(27-20-12-6-4-10-18(20)24(29)31)16-26-28-23(30)15-14-17-8-2-1-3-9-17/h1-15,26H,16H2,(H,28,30)/b15-14+. The van der Waals surface area contributed by atoms with Crippen molar-refractivity contribution in [1.82, 2.24) is 20.4 Å². The number of nitrogens with one attached hydrogen (secondary N) is 2. The van der Waals surface area contributed by atoms with Crippen molar-refractivity contribution in [2.24, 2.45) is 0 Å². The van der Waals surface area contributed by atoms with E-state index in [1.807, 2.05) is 36.4 Å². The Morgan fingerprint density at radius 1 is 0.968 bits per heavy atom. The van der Waals surface area contributed by atoms with E-state index in [1.54, 1.807) is 48.5 Å². The predicted octanol–water partition coefficient (Wildman–Crippen LogP) is 3.87. The average Bonchev–Trinajstić information content (AvgIpc) is 2.79. The number of rotatable bonds is 6. The second-order valence-corrected chi connectivity index (χ2v) is 7.13. The van der Waals surface area contributed by atoms with Crippen LogP contribution in [0.15, 0.2) is 89.7 Å². The Balaban J connectivity index is 1.59. The molecule has 0 aliphatic carbocycles. The van der Waals surface area contributed by atoms with Crippen molar-refractivity contribution in [1.29, 1.82) is 0 Å². The van der Waals surface area contributed by atoms with E-state index in [2.05, 4.69) is 15.8 Å². The third-order valence-corrected chi connectivity index (χ3v) is 4.94. The maximum atomic E-state index is 13.2. The number of carbonyl (C=O) groups excluding carboxylic acids is 1. The van der Waals surface area contributed by atoms with Gasteiger partial charge in [-0.05, 0) is 35.9 Å². The first-order valence-corrected chi connectivity index (χ1v) is 10.0. The zero-order chi connectivity index (χ0) is 21.6. The minimum Gasteiger partial charge on any atom is -0.288 e. The fourth-order valence-electron chi connectivity index (χ4n) is 3.17. The molecule has 3 aromatic carbocycles. The van der Waals surface area contributed by atoms with Gasteiger partial charge in [0.15, 0.2) is 0 Å². The molecular weight excluding hydrogens is 412 g/mol. The van der Waals surface area contributed by atoms with Crippen LogP contribution in [0.1, 0.15) is 11.4 Å². The Hall–Kier alpha value is -3.74. The minimum atomic E-state index is -0.323. The quantitative estimate of drug-likeness (QED) is 0.359. The van der Waals surface area contributed by atoms with Gasteiger partial charge in [-0.2, -0.15) is 0 Å². The monoisotopic (exact) mass is 430 g/mol. The first-order valence-electron chi connectivity index (χ1n) is 9.65. The van der Waals surface area contributed by atoms with Crippen molar-refractivity contribution >= 4 is 34.5 Å². The predicted molar refractivity (Wildman–Crippen MR) is 123 cm³/mol. The molecule has 0 saturated heterocycles. The van der Waals surface area contributed by atoms with E-state index < -0.39 is 0 Å². The van der Waals surface area contributed by atoms with Crippen molar-refractivity contribution in [3.63, 3.8) is 0 Å². The average molecular weight is 431 g/mol. The number of benzene rings is 3. The van der Waals surface area contributed by atoms with Gasteiger partial charge in [0.1, 0.15) is 5.82 Å². The number of amides is 1. The Morgan fingerprint density at radius 2 is 1.68 bits per heavy atom. The summed E-state index contributed by atoms with van der Waals surface area (Å²) in [6.45, 7) is 0.121. The van der Waals surface area contributed by atoms with Crippen LogP contribution in [-0.4, -0.2) is 15.5 Å². The zero-order valence-corrected chi connectivity index (χ0v) is 17.2. The molecule has 4 aromatic rings. The van der Waals surface area contributed by atoms with Crippen molar-refractivity contribution in [3.05, 3.63) is 112 Å². The minimum absolute atomic E-state index is 0.121. The highest BCUT2D eigenvalue weighted by Gasteiger charge is 2.14. The molecule has 2 N–H and O–H groups in total. The normalized spacial score (nSPS) is 11.1. The van der Waals surface area contributed by atoms with Crippen LogP contribution >= 0.6 is 11.6 Å². The molecule has 1 aromatic heterocycles. The summed E-state index contributed by atoms with van der Waals surface area (Å²) in [5.41, 5.74) is 7.23. The van der Waals surface area contributed by atoms with Crippen LogP contribution in [0.25, 0.3) is 22.7 Å². The summed E-state index contributed by atoms with van der Waals surface area (Å²) in [5, 5.41) is 0.916. The summed E-state index contributed by atoms with van der Waals surface area (Å²) >= 11 is 6.35. The van der Waals surface area contributed by atoms with E-state index in [0.29, 0.717) is 27.4 Å². The van der Waals surface area contributed by atoms with Gasteiger partial charge in [0.25, 0.3) is 11.5 Å². The number of carbonyl (C=O) groups is 1. The fourth-order valence-corrected chi connectivity index (χ4v) is 3.39. The highest BCUT2D eigenvalue weighted by Crippen LogP contribution is 2.20. The molecule has 0 unspecified atom stereocenters. The second-order valence-electron chi connectivity index (χ2n) is 6.72. The lowest BCUT2D eigenvalue weighted by molar-refractivity contribution is -0.117. The Bertz CT molecular complexity index is 1320. The maximum Gasteiger partial charge on any atom is 0.266 e. The van der Waals surface area contributed by atoms with Crippen molar-refractivity contribution < 1.29 is 4.79 Å². The number of nitrogens with zero attached hydrogens (tertiary/aromatic N) is 2. The van der Waals surface area contributed by atoms with E-state index in [9.17, 15) is 9.59 Å². The Labute approximate surface area is 183 Å². The van der Waals surface area contributed by atoms with E-state index in [1.165, 1.54) is 10.6 Å². The third kappa shape index (κ3) is 4.71. The molecule has 0 atom stereocenters. The van der Waals surface area contributed by atoms with Crippen LogP contribution < -0.4 is 16.4 Å². The Morgan fingerprint density at radius 3 is 2.48 bits per heavy atom. The van der Waals surface area contributed by atoms with E-state index >= 15 is 0 Å². The van der Waals surface area contributed by atoms with Gasteiger partial charge in [-0.1, -0.05) is 66.2 Å². The third-order valence-electron chi connectivity index (χ3n) is 4.62. The first kappa shape index (κ1) is 20.5. The molecular formula is C24H19ClN4O2. The molecule has 1 amide bonds. The molecule has 6 nitrogen and oxygen atoms in total. The molecule has 0 saturated carbocycles. The molecule has 0 radical (unpaired) electrons. The Kier molecular flexibility index (Phi) is 6.21. The number of halogens is 1. The van der Waals surface area contributed by atoms with Crippen LogP contribution in [0.2, 0.25) is 5.02 Å². The van der Waals surface area contributed by atoms with Crippen molar-refractivity contribution in [3.8, 4) is 5.69 Å². The molecule has 4 rings (SSSR count). The summed E-state index contributed by atoms with van der Waals surface area (Å²) < 4.78 is 1.46. The van der Waals surface area contributed by atoms with Crippen molar-refractivity contribution in [2.75, 3.05) is 0 Å². The SMILES string of the molecule is O=C(/C=C/c1ccccc1)NNCc1nc2ccccc2c(=O)n1-c1ccccc1Cl. The summed E-state index contributed by atoms with van der Waals surface area (Å²) in [4.78, 5) is 29.9. The number of hydrazine groups is 1. The number of para-hydroxylation sites is 2. The summed E-state index contributed by atoms with van der Waals surface area (Å²) in [6, 6.07) is 23.7. The maximum absolute atomic E-state index is 13.2. The van der Waals surface area contributed by atoms with E-state index in [0.717, 1.165) is 5.56 Å². The summed E-state index contributed by atoms with van der Waals surface area (Å²) in [6.07, 6.45) is 3.14. The summed E-state index contributed by atoms with van der Waals surface area (Å²) in [7, 11) is 0. The molecule has 1 heterocycles. The lowest BCUT2D eigenvalue weighted by Gasteiger charge is -2.15. The highest BCUT2D eigenvalue weighted by molar-refractivity contribution is 6.32. The zero-order valence-electron chi connectivity index (χ0n) is 16.5. The smallest absolute Gasteiger partial charge is 0.266 e. The van der Waals surface area contributed by atoms with Gasteiger partial charge in [0.05, 0.1) is 28.2 Å². The summed E-state index contributed by atoms with van der Waals surface area (Å²) in [5.74, 6) is 0.0976. The van der Waals surface area contributed by atoms with E-state index in [4.69, 9.17) is 11.6 Å². The fraction of sp³-hybridized carbons (Fsp3) is 0.0417. The number of hydrogen-bond acceptors (Lipinski definition) is 4. The van der Waals surface area contributed by atoms with Gasteiger partial charge in [0.2, 0.25) is 0 Å². The second kappa shape index (κ2) is 9.38. The highest BCUT2D eigenvalue weighted by atomic mass is 35.5. The topological polar surface area (TPSA) is 76.0 Å². The van der Waals surface area contributed by atoms with Gasteiger partial charge >= 0.3 is 0 Å². The molecule has 0 spiro atoms. The molecule has 7 heteroatoms. The van der Waals surface area contributed by atoms with Crippen LogP contribution in [-0.2, 0) is 11.3 Å². The van der Waals surface area contributed by atoms with Gasteiger partial charge < -0.3 is 0 Å². The lowest BCUT2D eigenvalue weighted by atomic mass is 10.2. The largest absolute Gasteiger partial charge is 0.288 e. The molecule has 0 fully saturated rings. The van der Waals surface area contributed by atoms with Crippen LogP contribution in [0.3, 0.4) is 0 Å².